The zero-order valence-corrected chi connectivity index (χ0v) is 13.5. The van der Waals surface area contributed by atoms with E-state index in [0.29, 0.717) is 12.1 Å². The summed E-state index contributed by atoms with van der Waals surface area (Å²) in [5, 5.41) is 3.72. The molecule has 1 aliphatic heterocycles. The van der Waals surface area contributed by atoms with E-state index in [0.717, 1.165) is 24.6 Å². The molecule has 2 aliphatic rings. The Morgan fingerprint density at radius 2 is 2.10 bits per heavy atom. The second-order valence-corrected chi connectivity index (χ2v) is 6.84. The summed E-state index contributed by atoms with van der Waals surface area (Å²) in [6, 6.07) is 7.28. The fourth-order valence-corrected chi connectivity index (χ4v) is 4.10. The molecule has 0 aromatic heterocycles. The van der Waals surface area contributed by atoms with Crippen molar-refractivity contribution in [2.24, 2.45) is 5.92 Å². The summed E-state index contributed by atoms with van der Waals surface area (Å²) in [6.45, 7) is 5.48. The lowest BCUT2D eigenvalue weighted by Crippen LogP contribution is -2.36. The topological polar surface area (TPSA) is 21.3 Å². The summed E-state index contributed by atoms with van der Waals surface area (Å²) in [5.41, 5.74) is 2.75. The van der Waals surface area contributed by atoms with Gasteiger partial charge in [0.2, 0.25) is 0 Å². The van der Waals surface area contributed by atoms with Gasteiger partial charge in [0.25, 0.3) is 0 Å². The van der Waals surface area contributed by atoms with Crippen molar-refractivity contribution in [3.05, 3.63) is 29.3 Å². The lowest BCUT2D eigenvalue weighted by Gasteiger charge is -2.25. The zero-order chi connectivity index (χ0) is 14.7. The average Bonchev–Trinajstić information content (AvgIpc) is 3.12. The highest BCUT2D eigenvalue weighted by atomic mass is 16.5. The van der Waals surface area contributed by atoms with Gasteiger partial charge in [0, 0.05) is 12.5 Å². The minimum Gasteiger partial charge on any atom is -0.490 e. The molecule has 1 aromatic rings. The second-order valence-electron chi connectivity index (χ2n) is 6.84. The molecule has 2 unspecified atom stereocenters. The lowest BCUT2D eigenvalue weighted by molar-refractivity contribution is 0.201. The van der Waals surface area contributed by atoms with E-state index in [-0.39, 0.29) is 0 Å². The minimum absolute atomic E-state index is 0.393. The summed E-state index contributed by atoms with van der Waals surface area (Å²) in [6.07, 6.45) is 9.63. The Kier molecular flexibility index (Phi) is 4.84. The van der Waals surface area contributed by atoms with E-state index in [1.54, 1.807) is 0 Å². The molecule has 0 saturated heterocycles. The molecule has 2 heteroatoms. The number of fused-ring (bicyclic) bond motifs is 1. The normalized spacial score (nSPS) is 23.0. The molecular weight excluding hydrogens is 258 g/mol. The van der Waals surface area contributed by atoms with Crippen molar-refractivity contribution in [1.29, 1.82) is 0 Å². The predicted molar refractivity (Wildman–Crippen MR) is 88.0 cm³/mol. The van der Waals surface area contributed by atoms with Crippen molar-refractivity contribution in [3.8, 4) is 5.75 Å². The Hall–Kier alpha value is -1.02. The summed E-state index contributed by atoms with van der Waals surface area (Å²) >= 11 is 0. The third-order valence-corrected chi connectivity index (χ3v) is 5.19. The number of hydrogen-bond donors (Lipinski definition) is 1. The van der Waals surface area contributed by atoms with E-state index < -0.39 is 0 Å². The van der Waals surface area contributed by atoms with Crippen LogP contribution in [0.15, 0.2) is 18.2 Å². The van der Waals surface area contributed by atoms with E-state index in [1.165, 1.54) is 49.7 Å². The summed E-state index contributed by atoms with van der Waals surface area (Å²) in [4.78, 5) is 0. The van der Waals surface area contributed by atoms with Crippen LogP contribution in [0.25, 0.3) is 0 Å². The van der Waals surface area contributed by atoms with Crippen LogP contribution in [-0.2, 0) is 6.42 Å². The monoisotopic (exact) mass is 287 g/mol. The molecule has 0 radical (unpaired) electrons. The minimum atomic E-state index is 0.393. The number of benzene rings is 1. The van der Waals surface area contributed by atoms with Crippen LogP contribution in [0.1, 0.15) is 56.6 Å². The van der Waals surface area contributed by atoms with Gasteiger partial charge in [0.05, 0.1) is 0 Å². The molecule has 1 fully saturated rings. The van der Waals surface area contributed by atoms with Crippen molar-refractivity contribution in [3.63, 3.8) is 0 Å². The Bertz CT molecular complexity index is 465. The molecule has 3 rings (SSSR count). The first-order valence-corrected chi connectivity index (χ1v) is 8.76. The zero-order valence-electron chi connectivity index (χ0n) is 13.5. The van der Waals surface area contributed by atoms with Crippen molar-refractivity contribution in [2.75, 3.05) is 6.54 Å². The van der Waals surface area contributed by atoms with Crippen LogP contribution in [0, 0.1) is 12.8 Å². The maximum atomic E-state index is 6.13. The van der Waals surface area contributed by atoms with Gasteiger partial charge >= 0.3 is 0 Å². The molecular formula is C19H29NO. The van der Waals surface area contributed by atoms with Gasteiger partial charge in [-0.3, -0.25) is 0 Å². The summed E-state index contributed by atoms with van der Waals surface area (Å²) in [5.74, 6) is 2.02. The fourth-order valence-electron chi connectivity index (χ4n) is 4.10. The lowest BCUT2D eigenvalue weighted by atomic mass is 9.92. The van der Waals surface area contributed by atoms with E-state index in [4.69, 9.17) is 4.74 Å². The molecule has 1 aliphatic carbocycles. The fraction of sp³-hybridized carbons (Fsp3) is 0.684. The first-order valence-electron chi connectivity index (χ1n) is 8.76. The van der Waals surface area contributed by atoms with E-state index in [2.05, 4.69) is 37.4 Å². The number of hydrogen-bond acceptors (Lipinski definition) is 2. The van der Waals surface area contributed by atoms with Crippen LogP contribution in [0.2, 0.25) is 0 Å². The van der Waals surface area contributed by atoms with Gasteiger partial charge in [-0.25, -0.2) is 0 Å². The molecule has 1 N–H and O–H groups in total. The second kappa shape index (κ2) is 6.83. The van der Waals surface area contributed by atoms with E-state index >= 15 is 0 Å². The van der Waals surface area contributed by atoms with Crippen molar-refractivity contribution in [1.82, 2.24) is 5.32 Å². The molecule has 0 spiro atoms. The summed E-state index contributed by atoms with van der Waals surface area (Å²) in [7, 11) is 0. The molecule has 2 nitrogen and oxygen atoms in total. The average molecular weight is 287 g/mol. The molecule has 1 aromatic carbocycles. The van der Waals surface area contributed by atoms with Gasteiger partial charge in [-0.15, -0.1) is 0 Å². The highest BCUT2D eigenvalue weighted by Gasteiger charge is 2.27. The van der Waals surface area contributed by atoms with E-state index in [9.17, 15) is 0 Å². The van der Waals surface area contributed by atoms with Gasteiger partial charge < -0.3 is 10.1 Å². The van der Waals surface area contributed by atoms with Gasteiger partial charge in [0.1, 0.15) is 11.9 Å². The van der Waals surface area contributed by atoms with Gasteiger partial charge in [-0.1, -0.05) is 37.5 Å². The number of ether oxygens (including phenoxy) is 1. The maximum absolute atomic E-state index is 6.13. The standard InChI is InChI=1S/C19H29NO/c1-3-20-18(15-6-4-5-7-15)10-9-17-13-16-12-14(2)8-11-19(16)21-17/h8,11-12,15,17-18,20H,3-7,9-10,13H2,1-2H3. The smallest absolute Gasteiger partial charge is 0.123 e. The summed E-state index contributed by atoms with van der Waals surface area (Å²) < 4.78 is 6.13. The molecule has 0 bridgehead atoms. The number of nitrogens with one attached hydrogen (secondary N) is 1. The molecule has 0 amide bonds. The van der Waals surface area contributed by atoms with E-state index in [1.807, 2.05) is 0 Å². The van der Waals surface area contributed by atoms with Gasteiger partial charge in [-0.2, -0.15) is 0 Å². The van der Waals surface area contributed by atoms with Gasteiger partial charge in [-0.05, 0) is 56.7 Å². The third kappa shape index (κ3) is 3.60. The molecule has 1 saturated carbocycles. The maximum Gasteiger partial charge on any atom is 0.123 e. The molecule has 2 atom stereocenters. The molecule has 1 heterocycles. The SMILES string of the molecule is CCNC(CCC1Cc2cc(C)ccc2O1)C1CCCC1. The van der Waals surface area contributed by atoms with Crippen molar-refractivity contribution < 1.29 is 4.74 Å². The van der Waals surface area contributed by atoms with Crippen LogP contribution < -0.4 is 10.1 Å². The van der Waals surface area contributed by atoms with Crippen LogP contribution >= 0.6 is 0 Å². The van der Waals surface area contributed by atoms with Gasteiger partial charge in [0.15, 0.2) is 0 Å². The number of aryl methyl sites for hydroxylation is 1. The highest BCUT2D eigenvalue weighted by Crippen LogP contribution is 2.33. The Morgan fingerprint density at radius 3 is 2.86 bits per heavy atom. The van der Waals surface area contributed by atoms with Crippen LogP contribution in [0.4, 0.5) is 0 Å². The highest BCUT2D eigenvalue weighted by molar-refractivity contribution is 5.40. The Morgan fingerprint density at radius 1 is 1.29 bits per heavy atom. The molecule has 21 heavy (non-hydrogen) atoms. The first kappa shape index (κ1) is 14.9. The third-order valence-electron chi connectivity index (χ3n) is 5.19. The van der Waals surface area contributed by atoms with Crippen LogP contribution in [0.3, 0.4) is 0 Å². The van der Waals surface area contributed by atoms with Crippen LogP contribution in [-0.4, -0.2) is 18.7 Å². The Balaban J connectivity index is 1.53. The quantitative estimate of drug-likeness (QED) is 0.844. The van der Waals surface area contributed by atoms with Crippen molar-refractivity contribution >= 4 is 0 Å². The Labute approximate surface area is 129 Å². The van der Waals surface area contributed by atoms with Crippen molar-refractivity contribution in [2.45, 2.75) is 70.9 Å². The predicted octanol–water partition coefficient (Wildman–Crippen LogP) is 4.25. The number of rotatable bonds is 6. The largest absolute Gasteiger partial charge is 0.490 e. The molecule has 116 valence electrons. The first-order chi connectivity index (χ1) is 10.3. The van der Waals surface area contributed by atoms with Crippen LogP contribution in [0.5, 0.6) is 5.75 Å².